The molecule has 0 saturated carbocycles. The van der Waals surface area contributed by atoms with Gasteiger partial charge in [0.2, 0.25) is 11.8 Å². The topological polar surface area (TPSA) is 66.5 Å². The molecule has 110 valence electrons. The molecule has 0 radical (unpaired) electrons. The Morgan fingerprint density at radius 1 is 1.21 bits per heavy atom. The van der Waals surface area contributed by atoms with E-state index < -0.39 is 17.4 Å². The summed E-state index contributed by atoms with van der Waals surface area (Å²) in [5.74, 6) is -0.899. The third kappa shape index (κ3) is 2.96. The van der Waals surface area contributed by atoms with Crippen molar-refractivity contribution in [2.45, 2.75) is 53.9 Å². The molecule has 0 aromatic carbocycles. The van der Waals surface area contributed by atoms with Gasteiger partial charge in [0.05, 0.1) is 0 Å². The van der Waals surface area contributed by atoms with Crippen LogP contribution in [0.5, 0.6) is 0 Å². The van der Waals surface area contributed by atoms with Crippen molar-refractivity contribution in [3.8, 4) is 0 Å². The van der Waals surface area contributed by atoms with Crippen molar-refractivity contribution in [1.82, 2.24) is 10.2 Å². The number of carbonyl (C=O) groups excluding carboxylic acids is 3. The molecule has 1 heterocycles. The lowest BCUT2D eigenvalue weighted by Gasteiger charge is -2.41. The first kappa shape index (κ1) is 17.6. The van der Waals surface area contributed by atoms with Crippen LogP contribution in [0.4, 0.5) is 4.79 Å². The van der Waals surface area contributed by atoms with Gasteiger partial charge in [0, 0.05) is 7.05 Å². The van der Waals surface area contributed by atoms with Gasteiger partial charge in [-0.05, 0) is 18.8 Å². The van der Waals surface area contributed by atoms with Crippen molar-refractivity contribution >= 4 is 17.8 Å². The smallest absolute Gasteiger partial charge is 0.277 e. The molecule has 1 rings (SSSR count). The number of urea groups is 1. The summed E-state index contributed by atoms with van der Waals surface area (Å²) in [6.07, 6.45) is 2.10. The summed E-state index contributed by atoms with van der Waals surface area (Å²) in [6, 6.07) is -0.632. The predicted molar refractivity (Wildman–Crippen MR) is 74.5 cm³/mol. The molecule has 0 aromatic rings. The highest BCUT2D eigenvalue weighted by Crippen LogP contribution is 2.38. The first-order valence-electron chi connectivity index (χ1n) is 7.05. The number of carbonyl (C=O) groups is 3. The van der Waals surface area contributed by atoms with Gasteiger partial charge in [0.25, 0.3) is 0 Å². The van der Waals surface area contributed by atoms with Crippen LogP contribution in [0.2, 0.25) is 0 Å². The van der Waals surface area contributed by atoms with Gasteiger partial charge in [-0.1, -0.05) is 41.0 Å². The van der Waals surface area contributed by atoms with Crippen molar-refractivity contribution in [3.63, 3.8) is 0 Å². The molecule has 1 aliphatic heterocycles. The van der Waals surface area contributed by atoms with Crippen LogP contribution >= 0.6 is 0 Å². The van der Waals surface area contributed by atoms with E-state index in [1.807, 2.05) is 34.6 Å². The van der Waals surface area contributed by atoms with E-state index in [-0.39, 0.29) is 11.8 Å². The van der Waals surface area contributed by atoms with E-state index in [1.165, 1.54) is 7.05 Å². The molecule has 0 bridgehead atoms. The third-order valence-electron chi connectivity index (χ3n) is 3.74. The SMILES string of the molecule is CC.CCCC(C)C1(CC)C(=O)NC(=O)N(C)C1=O. The molecular formula is C14H26N2O3. The van der Waals surface area contributed by atoms with Crippen LogP contribution in [0.15, 0.2) is 0 Å². The van der Waals surface area contributed by atoms with E-state index >= 15 is 0 Å². The molecule has 0 aromatic heterocycles. The minimum atomic E-state index is -1.08. The van der Waals surface area contributed by atoms with Crippen molar-refractivity contribution in [3.05, 3.63) is 0 Å². The van der Waals surface area contributed by atoms with Crippen LogP contribution in [0.25, 0.3) is 0 Å². The van der Waals surface area contributed by atoms with Gasteiger partial charge in [-0.25, -0.2) is 4.79 Å². The number of imide groups is 2. The largest absolute Gasteiger partial charge is 0.330 e. The van der Waals surface area contributed by atoms with Crippen molar-refractivity contribution < 1.29 is 14.4 Å². The van der Waals surface area contributed by atoms with Crippen LogP contribution in [0.3, 0.4) is 0 Å². The number of nitrogens with one attached hydrogen (secondary N) is 1. The van der Waals surface area contributed by atoms with Gasteiger partial charge >= 0.3 is 6.03 Å². The standard InChI is InChI=1S/C12H20N2O3.C2H6/c1-5-7-8(3)12(6-2)9(15)13-11(17)14(4)10(12)16;1-2/h8H,5-7H2,1-4H3,(H,13,15,17);1-2H3. The molecule has 1 N–H and O–H groups in total. The van der Waals surface area contributed by atoms with Crippen LogP contribution in [0.1, 0.15) is 53.9 Å². The highest BCUT2D eigenvalue weighted by atomic mass is 16.2. The third-order valence-corrected chi connectivity index (χ3v) is 3.74. The molecule has 1 aliphatic rings. The van der Waals surface area contributed by atoms with Crippen molar-refractivity contribution in [2.24, 2.45) is 11.3 Å². The fourth-order valence-electron chi connectivity index (χ4n) is 2.56. The average Bonchev–Trinajstić information content (AvgIpc) is 2.40. The summed E-state index contributed by atoms with van der Waals surface area (Å²) in [5.41, 5.74) is -1.08. The zero-order chi connectivity index (χ0) is 15.2. The minimum absolute atomic E-state index is 0.0689. The first-order valence-corrected chi connectivity index (χ1v) is 7.05. The van der Waals surface area contributed by atoms with Gasteiger partial charge in [0.1, 0.15) is 5.41 Å². The zero-order valence-electron chi connectivity index (χ0n) is 12.9. The average molecular weight is 270 g/mol. The predicted octanol–water partition coefficient (Wildman–Crippen LogP) is 2.55. The van der Waals surface area contributed by atoms with Gasteiger partial charge in [0.15, 0.2) is 0 Å². The van der Waals surface area contributed by atoms with Gasteiger partial charge < -0.3 is 0 Å². The van der Waals surface area contributed by atoms with Gasteiger partial charge in [-0.2, -0.15) is 0 Å². The number of hydrogen-bond acceptors (Lipinski definition) is 3. The first-order chi connectivity index (χ1) is 8.91. The Labute approximate surface area is 115 Å². The Morgan fingerprint density at radius 3 is 2.16 bits per heavy atom. The van der Waals surface area contributed by atoms with E-state index in [4.69, 9.17) is 0 Å². The summed E-state index contributed by atoms with van der Waals surface area (Å²) in [6.45, 7) is 9.72. The maximum atomic E-state index is 12.3. The van der Waals surface area contributed by atoms with E-state index in [0.717, 1.165) is 17.7 Å². The lowest BCUT2D eigenvalue weighted by molar-refractivity contribution is -0.155. The number of amides is 4. The molecule has 0 spiro atoms. The second-order valence-corrected chi connectivity index (χ2v) is 4.64. The number of rotatable bonds is 4. The second-order valence-electron chi connectivity index (χ2n) is 4.64. The molecule has 2 atom stereocenters. The van der Waals surface area contributed by atoms with E-state index in [9.17, 15) is 14.4 Å². The Hall–Kier alpha value is -1.39. The van der Waals surface area contributed by atoms with E-state index in [2.05, 4.69) is 5.32 Å². The summed E-state index contributed by atoms with van der Waals surface area (Å²) < 4.78 is 0. The number of nitrogens with zero attached hydrogens (tertiary/aromatic N) is 1. The Kier molecular flexibility index (Phi) is 6.73. The normalized spacial score (nSPS) is 24.5. The minimum Gasteiger partial charge on any atom is -0.277 e. The lowest BCUT2D eigenvalue weighted by atomic mass is 9.69. The molecular weight excluding hydrogens is 244 g/mol. The lowest BCUT2D eigenvalue weighted by Crippen LogP contribution is -2.64. The number of hydrogen-bond donors (Lipinski definition) is 1. The maximum absolute atomic E-state index is 12.3. The quantitative estimate of drug-likeness (QED) is 0.798. The van der Waals surface area contributed by atoms with E-state index in [1.54, 1.807) is 0 Å². The summed E-state index contributed by atoms with van der Waals surface area (Å²) in [5, 5.41) is 2.27. The summed E-state index contributed by atoms with van der Waals surface area (Å²) in [7, 11) is 1.41. The molecule has 5 heteroatoms. The van der Waals surface area contributed by atoms with Crippen molar-refractivity contribution in [2.75, 3.05) is 7.05 Å². The maximum Gasteiger partial charge on any atom is 0.330 e. The van der Waals surface area contributed by atoms with Gasteiger partial charge in [-0.15, -0.1) is 0 Å². The zero-order valence-corrected chi connectivity index (χ0v) is 12.9. The summed E-state index contributed by atoms with van der Waals surface area (Å²) in [4.78, 5) is 36.7. The molecule has 1 saturated heterocycles. The monoisotopic (exact) mass is 270 g/mol. The van der Waals surface area contributed by atoms with Gasteiger partial charge in [-0.3, -0.25) is 19.8 Å². The van der Waals surface area contributed by atoms with Crippen LogP contribution in [0, 0.1) is 11.3 Å². The molecule has 4 amide bonds. The Balaban J connectivity index is 0.00000154. The van der Waals surface area contributed by atoms with Crippen LogP contribution in [-0.4, -0.2) is 29.8 Å². The van der Waals surface area contributed by atoms with Crippen LogP contribution in [-0.2, 0) is 9.59 Å². The molecule has 19 heavy (non-hydrogen) atoms. The highest BCUT2D eigenvalue weighted by Gasteiger charge is 2.54. The fourth-order valence-corrected chi connectivity index (χ4v) is 2.56. The van der Waals surface area contributed by atoms with E-state index in [0.29, 0.717) is 6.42 Å². The summed E-state index contributed by atoms with van der Waals surface area (Å²) >= 11 is 0. The van der Waals surface area contributed by atoms with Crippen molar-refractivity contribution in [1.29, 1.82) is 0 Å². The molecule has 2 unspecified atom stereocenters. The van der Waals surface area contributed by atoms with Crippen LogP contribution < -0.4 is 5.32 Å². The Morgan fingerprint density at radius 2 is 1.74 bits per heavy atom. The molecule has 1 fully saturated rings. The highest BCUT2D eigenvalue weighted by molar-refractivity contribution is 6.19. The second kappa shape index (κ2) is 7.26. The molecule has 5 nitrogen and oxygen atoms in total. The molecule has 0 aliphatic carbocycles. The fraction of sp³-hybridized carbons (Fsp3) is 0.786. The number of barbiturate groups is 1. The Bertz CT molecular complexity index is 355.